The number of methoxy groups -OCH3 is 1. The first-order valence-corrected chi connectivity index (χ1v) is 5.51. The minimum Gasteiger partial charge on any atom is -0.383 e. The van der Waals surface area contributed by atoms with Crippen LogP contribution in [0.1, 0.15) is 12.5 Å². The third-order valence-electron chi connectivity index (χ3n) is 1.95. The van der Waals surface area contributed by atoms with Gasteiger partial charge < -0.3 is 15.4 Å². The van der Waals surface area contributed by atoms with Crippen LogP contribution in [0.25, 0.3) is 0 Å². The standard InChI is InChI=1S/C11H17N3OS/c1-8-4-5-10(12-6-8)14-11(16)13-9(2)7-15-3/h4-6,9H,7H2,1-3H3,(H2,12,13,14,16)/t9-/m1/s1. The summed E-state index contributed by atoms with van der Waals surface area (Å²) in [5.41, 5.74) is 1.12. The highest BCUT2D eigenvalue weighted by molar-refractivity contribution is 7.80. The van der Waals surface area contributed by atoms with E-state index >= 15 is 0 Å². The van der Waals surface area contributed by atoms with Gasteiger partial charge in [-0.25, -0.2) is 4.98 Å². The van der Waals surface area contributed by atoms with E-state index < -0.39 is 0 Å². The van der Waals surface area contributed by atoms with Gasteiger partial charge in [-0.1, -0.05) is 6.07 Å². The Morgan fingerprint density at radius 1 is 1.56 bits per heavy atom. The number of thiocarbonyl (C=S) groups is 1. The molecule has 0 aromatic carbocycles. The van der Waals surface area contributed by atoms with Gasteiger partial charge in [0.05, 0.1) is 6.61 Å². The molecule has 0 radical (unpaired) electrons. The summed E-state index contributed by atoms with van der Waals surface area (Å²) in [6, 6.07) is 4.05. The van der Waals surface area contributed by atoms with Crippen molar-refractivity contribution in [3.8, 4) is 0 Å². The number of anilines is 1. The van der Waals surface area contributed by atoms with E-state index in [0.29, 0.717) is 11.7 Å². The van der Waals surface area contributed by atoms with Gasteiger partial charge in [-0.3, -0.25) is 0 Å². The minimum absolute atomic E-state index is 0.176. The number of nitrogens with one attached hydrogen (secondary N) is 2. The highest BCUT2D eigenvalue weighted by atomic mass is 32.1. The molecule has 0 saturated heterocycles. The van der Waals surface area contributed by atoms with Crippen molar-refractivity contribution in [2.75, 3.05) is 19.0 Å². The molecule has 0 bridgehead atoms. The molecule has 0 unspecified atom stereocenters. The number of aromatic nitrogens is 1. The highest BCUT2D eigenvalue weighted by Gasteiger charge is 2.03. The molecule has 1 atom stereocenters. The number of hydrogen-bond acceptors (Lipinski definition) is 3. The van der Waals surface area contributed by atoms with Gasteiger partial charge in [0.2, 0.25) is 0 Å². The van der Waals surface area contributed by atoms with E-state index in [1.165, 1.54) is 0 Å². The van der Waals surface area contributed by atoms with Crippen molar-refractivity contribution in [3.05, 3.63) is 23.9 Å². The molecule has 1 rings (SSSR count). The van der Waals surface area contributed by atoms with Gasteiger partial charge in [-0.15, -0.1) is 0 Å². The molecule has 88 valence electrons. The molecule has 0 spiro atoms. The minimum atomic E-state index is 0.176. The number of ether oxygens (including phenoxy) is 1. The maximum Gasteiger partial charge on any atom is 0.172 e. The van der Waals surface area contributed by atoms with Gasteiger partial charge >= 0.3 is 0 Å². The summed E-state index contributed by atoms with van der Waals surface area (Å²) in [7, 11) is 1.66. The molecular formula is C11H17N3OS. The lowest BCUT2D eigenvalue weighted by Gasteiger charge is -2.15. The summed E-state index contributed by atoms with van der Waals surface area (Å²) >= 11 is 5.14. The van der Waals surface area contributed by atoms with E-state index in [-0.39, 0.29) is 6.04 Å². The van der Waals surface area contributed by atoms with Crippen LogP contribution in [-0.4, -0.2) is 29.9 Å². The zero-order chi connectivity index (χ0) is 12.0. The molecule has 1 aromatic rings. The van der Waals surface area contributed by atoms with Crippen LogP contribution in [-0.2, 0) is 4.74 Å². The Kier molecular flexibility index (Phi) is 5.14. The number of nitrogens with zero attached hydrogens (tertiary/aromatic N) is 1. The monoisotopic (exact) mass is 239 g/mol. The fraction of sp³-hybridized carbons (Fsp3) is 0.455. The molecule has 0 amide bonds. The predicted molar refractivity (Wildman–Crippen MR) is 69.7 cm³/mol. The molecule has 1 aromatic heterocycles. The first-order valence-electron chi connectivity index (χ1n) is 5.11. The highest BCUT2D eigenvalue weighted by Crippen LogP contribution is 2.03. The Bertz CT molecular complexity index is 340. The second-order valence-electron chi connectivity index (χ2n) is 3.68. The van der Waals surface area contributed by atoms with Crippen LogP contribution < -0.4 is 10.6 Å². The average molecular weight is 239 g/mol. The SMILES string of the molecule is COC[C@@H](C)NC(=S)Nc1ccc(C)cn1. The molecule has 0 saturated carbocycles. The Labute approximate surface area is 101 Å². The molecule has 2 N–H and O–H groups in total. The average Bonchev–Trinajstić information content (AvgIpc) is 2.21. The van der Waals surface area contributed by atoms with E-state index in [1.807, 2.05) is 26.0 Å². The van der Waals surface area contributed by atoms with Crippen LogP contribution in [0.5, 0.6) is 0 Å². The van der Waals surface area contributed by atoms with Gasteiger partial charge in [0.1, 0.15) is 5.82 Å². The lowest BCUT2D eigenvalue weighted by molar-refractivity contribution is 0.179. The smallest absolute Gasteiger partial charge is 0.172 e. The van der Waals surface area contributed by atoms with E-state index in [4.69, 9.17) is 17.0 Å². The number of rotatable bonds is 4. The number of aryl methyl sites for hydroxylation is 1. The predicted octanol–water partition coefficient (Wildman–Crippen LogP) is 1.71. The summed E-state index contributed by atoms with van der Waals surface area (Å²) in [5, 5.41) is 6.67. The Balaban J connectivity index is 2.42. The lowest BCUT2D eigenvalue weighted by Crippen LogP contribution is -2.38. The number of hydrogen-bond donors (Lipinski definition) is 2. The summed E-state index contributed by atoms with van der Waals surface area (Å²) < 4.78 is 5.00. The third kappa shape index (κ3) is 4.55. The van der Waals surface area contributed by atoms with E-state index in [2.05, 4.69) is 15.6 Å². The maximum absolute atomic E-state index is 5.14. The Morgan fingerprint density at radius 2 is 2.31 bits per heavy atom. The van der Waals surface area contributed by atoms with Gasteiger partial charge in [0.15, 0.2) is 5.11 Å². The van der Waals surface area contributed by atoms with Crippen LogP contribution in [0.15, 0.2) is 18.3 Å². The lowest BCUT2D eigenvalue weighted by atomic mass is 10.3. The van der Waals surface area contributed by atoms with Gasteiger partial charge in [-0.2, -0.15) is 0 Å². The zero-order valence-corrected chi connectivity index (χ0v) is 10.6. The van der Waals surface area contributed by atoms with Crippen molar-refractivity contribution in [3.63, 3.8) is 0 Å². The molecule has 0 aliphatic heterocycles. The first-order chi connectivity index (χ1) is 7.61. The largest absolute Gasteiger partial charge is 0.383 e. The molecule has 0 aliphatic carbocycles. The molecular weight excluding hydrogens is 222 g/mol. The summed E-state index contributed by atoms with van der Waals surface area (Å²) in [6.45, 7) is 4.61. The fourth-order valence-electron chi connectivity index (χ4n) is 1.21. The van der Waals surface area contributed by atoms with Gasteiger partial charge in [-0.05, 0) is 37.7 Å². The second-order valence-corrected chi connectivity index (χ2v) is 4.08. The van der Waals surface area contributed by atoms with Crippen LogP contribution in [0, 0.1) is 6.92 Å². The van der Waals surface area contributed by atoms with Crippen molar-refractivity contribution in [1.82, 2.24) is 10.3 Å². The normalized spacial score (nSPS) is 11.9. The Hall–Kier alpha value is -1.20. The number of pyridine rings is 1. The fourth-order valence-corrected chi connectivity index (χ4v) is 1.52. The van der Waals surface area contributed by atoms with Crippen LogP contribution in [0.2, 0.25) is 0 Å². The maximum atomic E-state index is 5.14. The third-order valence-corrected chi connectivity index (χ3v) is 2.17. The van der Waals surface area contributed by atoms with Crippen molar-refractivity contribution in [1.29, 1.82) is 0 Å². The molecule has 16 heavy (non-hydrogen) atoms. The second kappa shape index (κ2) is 6.40. The van der Waals surface area contributed by atoms with E-state index in [0.717, 1.165) is 11.4 Å². The summed E-state index contributed by atoms with van der Waals surface area (Å²) in [5.74, 6) is 0.743. The summed E-state index contributed by atoms with van der Waals surface area (Å²) in [6.07, 6.45) is 1.80. The van der Waals surface area contributed by atoms with Crippen molar-refractivity contribution < 1.29 is 4.74 Å². The Morgan fingerprint density at radius 3 is 2.88 bits per heavy atom. The van der Waals surface area contributed by atoms with Crippen molar-refractivity contribution in [2.45, 2.75) is 19.9 Å². The van der Waals surface area contributed by atoms with Gasteiger partial charge in [0, 0.05) is 19.3 Å². The quantitative estimate of drug-likeness (QED) is 0.783. The topological polar surface area (TPSA) is 46.2 Å². The molecule has 0 fully saturated rings. The molecule has 5 heteroatoms. The van der Waals surface area contributed by atoms with E-state index in [9.17, 15) is 0 Å². The molecule has 0 aliphatic rings. The zero-order valence-electron chi connectivity index (χ0n) is 9.78. The van der Waals surface area contributed by atoms with Gasteiger partial charge in [0.25, 0.3) is 0 Å². The van der Waals surface area contributed by atoms with Crippen LogP contribution in [0.4, 0.5) is 5.82 Å². The first kappa shape index (κ1) is 12.9. The summed E-state index contributed by atoms with van der Waals surface area (Å²) in [4.78, 5) is 4.20. The van der Waals surface area contributed by atoms with E-state index in [1.54, 1.807) is 13.3 Å². The van der Waals surface area contributed by atoms with Crippen LogP contribution >= 0.6 is 12.2 Å². The van der Waals surface area contributed by atoms with Crippen LogP contribution in [0.3, 0.4) is 0 Å². The molecule has 4 nitrogen and oxygen atoms in total. The molecule has 1 heterocycles. The van der Waals surface area contributed by atoms with Crippen molar-refractivity contribution in [2.24, 2.45) is 0 Å². The van der Waals surface area contributed by atoms with Crippen molar-refractivity contribution >= 4 is 23.1 Å².